The molecule has 1 atom stereocenters. The SMILES string of the molecule is CCCCN(C)S(=O)(=O)NCC(C)OC. The van der Waals surface area contributed by atoms with Gasteiger partial charge in [0.1, 0.15) is 0 Å². The first-order valence-corrected chi connectivity index (χ1v) is 6.61. The number of hydrogen-bond acceptors (Lipinski definition) is 3. The maximum absolute atomic E-state index is 11.6. The summed E-state index contributed by atoms with van der Waals surface area (Å²) in [6.45, 7) is 4.69. The van der Waals surface area contributed by atoms with Crippen molar-refractivity contribution in [2.24, 2.45) is 0 Å². The van der Waals surface area contributed by atoms with Crippen molar-refractivity contribution in [3.05, 3.63) is 0 Å². The molecule has 5 nitrogen and oxygen atoms in total. The van der Waals surface area contributed by atoms with Gasteiger partial charge in [-0.2, -0.15) is 17.4 Å². The second kappa shape index (κ2) is 7.16. The number of unbranched alkanes of at least 4 members (excludes halogenated alkanes) is 1. The summed E-state index contributed by atoms with van der Waals surface area (Å²) in [6.07, 6.45) is 1.74. The molecule has 1 N–H and O–H groups in total. The number of ether oxygens (including phenoxy) is 1. The second-order valence-electron chi connectivity index (χ2n) is 3.57. The van der Waals surface area contributed by atoms with Crippen LogP contribution in [0.1, 0.15) is 26.7 Å². The predicted octanol–water partition coefficient (Wildman–Crippen LogP) is 0.588. The smallest absolute Gasteiger partial charge is 0.279 e. The van der Waals surface area contributed by atoms with Gasteiger partial charge in [0.25, 0.3) is 10.2 Å². The van der Waals surface area contributed by atoms with Crippen molar-refractivity contribution in [2.75, 3.05) is 27.2 Å². The molecule has 6 heteroatoms. The van der Waals surface area contributed by atoms with E-state index in [1.54, 1.807) is 14.2 Å². The predicted molar refractivity (Wildman–Crippen MR) is 60.9 cm³/mol. The molecular formula is C9H22N2O3S. The number of nitrogens with zero attached hydrogens (tertiary/aromatic N) is 1. The molecule has 0 aromatic heterocycles. The molecular weight excluding hydrogens is 216 g/mol. The highest BCUT2D eigenvalue weighted by atomic mass is 32.2. The highest BCUT2D eigenvalue weighted by Gasteiger charge is 2.17. The topological polar surface area (TPSA) is 58.6 Å². The normalized spacial score (nSPS) is 14.5. The fraction of sp³-hybridized carbons (Fsp3) is 1.00. The van der Waals surface area contributed by atoms with Crippen LogP contribution in [-0.2, 0) is 14.9 Å². The molecule has 0 rings (SSSR count). The van der Waals surface area contributed by atoms with Gasteiger partial charge in [-0.25, -0.2) is 0 Å². The Balaban J connectivity index is 4.05. The zero-order chi connectivity index (χ0) is 11.9. The van der Waals surface area contributed by atoms with Crippen molar-refractivity contribution in [2.45, 2.75) is 32.8 Å². The van der Waals surface area contributed by atoms with E-state index in [1.165, 1.54) is 4.31 Å². The summed E-state index contributed by atoms with van der Waals surface area (Å²) in [4.78, 5) is 0. The van der Waals surface area contributed by atoms with Gasteiger partial charge in [0.2, 0.25) is 0 Å². The standard InChI is InChI=1S/C9H22N2O3S/c1-5-6-7-11(3)15(12,13)10-8-9(2)14-4/h9-10H,5-8H2,1-4H3. The maximum atomic E-state index is 11.6. The van der Waals surface area contributed by atoms with Crippen LogP contribution in [0.4, 0.5) is 0 Å². The molecule has 1 unspecified atom stereocenters. The van der Waals surface area contributed by atoms with Gasteiger partial charge in [0.15, 0.2) is 0 Å². The van der Waals surface area contributed by atoms with E-state index in [0.29, 0.717) is 13.1 Å². The molecule has 0 aliphatic rings. The summed E-state index contributed by atoms with van der Waals surface area (Å²) in [5.74, 6) is 0. The van der Waals surface area contributed by atoms with Gasteiger partial charge in [-0.15, -0.1) is 0 Å². The van der Waals surface area contributed by atoms with Crippen molar-refractivity contribution >= 4 is 10.2 Å². The van der Waals surface area contributed by atoms with Crippen molar-refractivity contribution in [3.63, 3.8) is 0 Å². The average Bonchev–Trinajstić information content (AvgIpc) is 2.22. The van der Waals surface area contributed by atoms with E-state index in [2.05, 4.69) is 4.72 Å². The second-order valence-corrected chi connectivity index (χ2v) is 5.44. The first-order chi connectivity index (χ1) is 6.94. The molecule has 0 bridgehead atoms. The minimum atomic E-state index is -3.33. The monoisotopic (exact) mass is 238 g/mol. The molecule has 0 fully saturated rings. The quantitative estimate of drug-likeness (QED) is 0.673. The number of hydrogen-bond donors (Lipinski definition) is 1. The molecule has 92 valence electrons. The van der Waals surface area contributed by atoms with Gasteiger partial charge in [0.05, 0.1) is 6.10 Å². The fourth-order valence-electron chi connectivity index (χ4n) is 0.917. The summed E-state index contributed by atoms with van der Waals surface area (Å²) < 4.78 is 32.0. The summed E-state index contributed by atoms with van der Waals surface area (Å²) in [5, 5.41) is 0. The van der Waals surface area contributed by atoms with E-state index >= 15 is 0 Å². The van der Waals surface area contributed by atoms with Crippen molar-refractivity contribution < 1.29 is 13.2 Å². The molecule has 0 saturated heterocycles. The molecule has 0 aromatic carbocycles. The van der Waals surface area contributed by atoms with Crippen molar-refractivity contribution in [3.8, 4) is 0 Å². The Kier molecular flexibility index (Phi) is 7.08. The van der Waals surface area contributed by atoms with Gasteiger partial charge in [0, 0.05) is 27.2 Å². The third kappa shape index (κ3) is 6.09. The van der Waals surface area contributed by atoms with E-state index in [1.807, 2.05) is 13.8 Å². The van der Waals surface area contributed by atoms with E-state index in [-0.39, 0.29) is 6.10 Å². The van der Waals surface area contributed by atoms with E-state index < -0.39 is 10.2 Å². The fourth-order valence-corrected chi connectivity index (χ4v) is 1.95. The minimum absolute atomic E-state index is 0.112. The van der Waals surface area contributed by atoms with Crippen LogP contribution in [0, 0.1) is 0 Å². The van der Waals surface area contributed by atoms with Gasteiger partial charge in [-0.3, -0.25) is 0 Å². The van der Waals surface area contributed by atoms with Crippen LogP contribution in [0.15, 0.2) is 0 Å². The van der Waals surface area contributed by atoms with E-state index in [9.17, 15) is 8.42 Å². The lowest BCUT2D eigenvalue weighted by Gasteiger charge is -2.18. The lowest BCUT2D eigenvalue weighted by molar-refractivity contribution is 0.121. The van der Waals surface area contributed by atoms with Gasteiger partial charge < -0.3 is 4.74 Å². The first-order valence-electron chi connectivity index (χ1n) is 5.17. The van der Waals surface area contributed by atoms with Gasteiger partial charge >= 0.3 is 0 Å². The van der Waals surface area contributed by atoms with E-state index in [0.717, 1.165) is 12.8 Å². The van der Waals surface area contributed by atoms with Crippen LogP contribution in [0.3, 0.4) is 0 Å². The zero-order valence-corrected chi connectivity index (χ0v) is 10.8. The lowest BCUT2D eigenvalue weighted by atomic mass is 10.3. The number of methoxy groups -OCH3 is 1. The maximum Gasteiger partial charge on any atom is 0.279 e. The van der Waals surface area contributed by atoms with Crippen molar-refractivity contribution in [1.29, 1.82) is 0 Å². The largest absolute Gasteiger partial charge is 0.380 e. The molecule has 0 amide bonds. The minimum Gasteiger partial charge on any atom is -0.380 e. The van der Waals surface area contributed by atoms with Crippen LogP contribution in [0.5, 0.6) is 0 Å². The Morgan fingerprint density at radius 3 is 2.53 bits per heavy atom. The summed E-state index contributed by atoms with van der Waals surface area (Å²) in [5.41, 5.74) is 0. The van der Waals surface area contributed by atoms with Gasteiger partial charge in [-0.05, 0) is 13.3 Å². The van der Waals surface area contributed by atoms with Gasteiger partial charge in [-0.1, -0.05) is 13.3 Å². The Labute approximate surface area is 93.0 Å². The summed E-state index contributed by atoms with van der Waals surface area (Å²) in [7, 11) is -0.200. The first kappa shape index (κ1) is 14.8. The third-order valence-electron chi connectivity index (χ3n) is 2.19. The lowest BCUT2D eigenvalue weighted by Crippen LogP contribution is -2.41. The third-order valence-corrected chi connectivity index (χ3v) is 3.73. The van der Waals surface area contributed by atoms with E-state index in [4.69, 9.17) is 4.74 Å². The number of nitrogens with one attached hydrogen (secondary N) is 1. The molecule has 0 spiro atoms. The Morgan fingerprint density at radius 2 is 2.07 bits per heavy atom. The van der Waals surface area contributed by atoms with Crippen LogP contribution in [-0.4, -0.2) is 46.1 Å². The van der Waals surface area contributed by atoms with Crippen LogP contribution >= 0.6 is 0 Å². The summed E-state index contributed by atoms with van der Waals surface area (Å²) in [6, 6.07) is 0. The Bertz CT molecular complexity index is 254. The highest BCUT2D eigenvalue weighted by Crippen LogP contribution is 1.98. The molecule has 0 radical (unpaired) electrons. The molecule has 0 aromatic rings. The number of rotatable bonds is 8. The van der Waals surface area contributed by atoms with Crippen molar-refractivity contribution in [1.82, 2.24) is 9.03 Å². The highest BCUT2D eigenvalue weighted by molar-refractivity contribution is 7.87. The molecule has 0 aliphatic heterocycles. The Hall–Kier alpha value is -0.170. The molecule has 0 aliphatic carbocycles. The van der Waals surface area contributed by atoms with Crippen LogP contribution in [0.2, 0.25) is 0 Å². The van der Waals surface area contributed by atoms with Crippen LogP contribution in [0.25, 0.3) is 0 Å². The average molecular weight is 238 g/mol. The molecule has 0 heterocycles. The van der Waals surface area contributed by atoms with Crippen LogP contribution < -0.4 is 4.72 Å². The molecule has 0 saturated carbocycles. The zero-order valence-electron chi connectivity index (χ0n) is 9.99. The molecule has 15 heavy (non-hydrogen) atoms. The summed E-state index contributed by atoms with van der Waals surface area (Å²) >= 11 is 0. The Morgan fingerprint density at radius 1 is 1.47 bits per heavy atom.